The molecule has 1 saturated carbocycles. The largest absolute Gasteiger partial charge is 0.469 e. The highest BCUT2D eigenvalue weighted by atomic mass is 79.9. The molecule has 0 aromatic heterocycles. The van der Waals surface area contributed by atoms with Gasteiger partial charge in [-0.15, -0.1) is 0 Å². The van der Waals surface area contributed by atoms with Crippen molar-refractivity contribution < 1.29 is 40.6 Å². The van der Waals surface area contributed by atoms with Crippen LogP contribution in [0.3, 0.4) is 0 Å². The van der Waals surface area contributed by atoms with E-state index in [1.165, 1.54) is 13.2 Å². The third kappa shape index (κ3) is 5.00. The number of alkyl halides is 3. The maximum absolute atomic E-state index is 13.5. The van der Waals surface area contributed by atoms with Crippen molar-refractivity contribution in [3.05, 3.63) is 28.2 Å². The molecule has 0 spiro atoms. The van der Waals surface area contributed by atoms with Gasteiger partial charge in [-0.1, -0.05) is 15.9 Å². The second-order valence-corrected chi connectivity index (χ2v) is 10.5. The number of benzene rings is 1. The quantitative estimate of drug-likeness (QED) is 0.556. The van der Waals surface area contributed by atoms with Gasteiger partial charge in [0.25, 0.3) is 0 Å². The molecule has 168 valence electrons. The fourth-order valence-electron chi connectivity index (χ4n) is 3.97. The van der Waals surface area contributed by atoms with Crippen molar-refractivity contribution in [3.8, 4) is 0 Å². The van der Waals surface area contributed by atoms with Crippen molar-refractivity contribution in [3.63, 3.8) is 0 Å². The Hall–Kier alpha value is -1.17. The summed E-state index contributed by atoms with van der Waals surface area (Å²) in [4.78, 5) is 11.4. The van der Waals surface area contributed by atoms with Gasteiger partial charge in [-0.2, -0.15) is 13.2 Å². The monoisotopic (exact) mass is 514 g/mol. The smallest absolute Gasteiger partial charge is 0.417 e. The molecule has 30 heavy (non-hydrogen) atoms. The summed E-state index contributed by atoms with van der Waals surface area (Å²) >= 11 is 2.96. The minimum Gasteiger partial charge on any atom is -0.469 e. The molecule has 3 atom stereocenters. The van der Waals surface area contributed by atoms with E-state index in [-0.39, 0.29) is 23.4 Å². The maximum atomic E-state index is 13.5. The molecule has 3 rings (SSSR count). The van der Waals surface area contributed by atoms with Gasteiger partial charge in [0.05, 0.1) is 40.9 Å². The average Bonchev–Trinajstić information content (AvgIpc) is 3.12. The number of carbonyl (C=O) groups is 1. The molecule has 0 amide bonds. The molecular weight excluding hydrogens is 493 g/mol. The zero-order valence-electron chi connectivity index (χ0n) is 16.2. The van der Waals surface area contributed by atoms with Crippen LogP contribution in [0.25, 0.3) is 0 Å². The highest BCUT2D eigenvalue weighted by molar-refractivity contribution is 9.10. The van der Waals surface area contributed by atoms with E-state index in [4.69, 9.17) is 14.2 Å². The SMILES string of the molecule is COC(=O)[C@H]1C[C@H](S(=O)(=O)c2ccc(Br)cc2C(F)(F)F)C[C@@H]1OC1CCOCC1. The van der Waals surface area contributed by atoms with E-state index < -0.39 is 49.7 Å². The lowest BCUT2D eigenvalue weighted by atomic mass is 10.1. The Morgan fingerprint density at radius 2 is 1.87 bits per heavy atom. The molecule has 1 aromatic rings. The fraction of sp³-hybridized carbons (Fsp3) is 0.632. The zero-order chi connectivity index (χ0) is 22.1. The van der Waals surface area contributed by atoms with Crippen LogP contribution in [0.1, 0.15) is 31.2 Å². The maximum Gasteiger partial charge on any atom is 0.417 e. The molecule has 0 bridgehead atoms. The van der Waals surface area contributed by atoms with Gasteiger partial charge in [0, 0.05) is 17.7 Å². The van der Waals surface area contributed by atoms with Gasteiger partial charge in [-0.3, -0.25) is 4.79 Å². The lowest BCUT2D eigenvalue weighted by molar-refractivity contribution is -0.153. The van der Waals surface area contributed by atoms with Gasteiger partial charge in [-0.25, -0.2) is 8.42 Å². The molecule has 1 heterocycles. The van der Waals surface area contributed by atoms with Gasteiger partial charge < -0.3 is 14.2 Å². The van der Waals surface area contributed by atoms with Gasteiger partial charge in [-0.05, 0) is 43.9 Å². The second-order valence-electron chi connectivity index (χ2n) is 7.39. The van der Waals surface area contributed by atoms with Gasteiger partial charge in [0.2, 0.25) is 0 Å². The molecule has 1 saturated heterocycles. The summed E-state index contributed by atoms with van der Waals surface area (Å²) in [6.07, 6.45) is -4.81. The van der Waals surface area contributed by atoms with Crippen molar-refractivity contribution in [2.45, 2.75) is 54.2 Å². The number of rotatable bonds is 5. The summed E-state index contributed by atoms with van der Waals surface area (Å²) < 4.78 is 83.0. The van der Waals surface area contributed by atoms with Crippen molar-refractivity contribution in [1.82, 2.24) is 0 Å². The minimum atomic E-state index is -4.84. The molecule has 1 aromatic carbocycles. The van der Waals surface area contributed by atoms with Crippen LogP contribution in [0.5, 0.6) is 0 Å². The van der Waals surface area contributed by atoms with Crippen molar-refractivity contribution in [2.75, 3.05) is 20.3 Å². The van der Waals surface area contributed by atoms with E-state index in [0.29, 0.717) is 26.1 Å². The number of methoxy groups -OCH3 is 1. The van der Waals surface area contributed by atoms with E-state index in [1.807, 2.05) is 0 Å². The fourth-order valence-corrected chi connectivity index (χ4v) is 6.33. The van der Waals surface area contributed by atoms with E-state index in [2.05, 4.69) is 15.9 Å². The van der Waals surface area contributed by atoms with E-state index >= 15 is 0 Å². The van der Waals surface area contributed by atoms with E-state index in [0.717, 1.165) is 12.1 Å². The standard InChI is InChI=1S/C19H22BrF3O6S/c1-27-18(24)14-9-13(10-16(14)29-12-4-6-28-7-5-12)30(25,26)17-3-2-11(20)8-15(17)19(21,22)23/h2-3,8,12-14,16H,4-7,9-10H2,1H3/t13-,14-,16-/m0/s1. The highest BCUT2D eigenvalue weighted by Crippen LogP contribution is 2.42. The molecule has 11 heteroatoms. The molecule has 0 unspecified atom stereocenters. The molecule has 0 radical (unpaired) electrons. The predicted molar refractivity (Wildman–Crippen MR) is 104 cm³/mol. The summed E-state index contributed by atoms with van der Waals surface area (Å²) in [7, 11) is -3.18. The normalized spacial score (nSPS) is 26.0. The summed E-state index contributed by atoms with van der Waals surface area (Å²) in [5, 5.41) is -1.19. The number of hydrogen-bond acceptors (Lipinski definition) is 6. The number of ether oxygens (including phenoxy) is 3. The molecule has 1 aliphatic heterocycles. The molecule has 0 N–H and O–H groups in total. The van der Waals surface area contributed by atoms with Crippen LogP contribution in [-0.2, 0) is 35.0 Å². The number of hydrogen-bond donors (Lipinski definition) is 0. The Balaban J connectivity index is 1.90. The summed E-state index contributed by atoms with van der Waals surface area (Å²) in [5.41, 5.74) is -1.24. The van der Waals surface area contributed by atoms with Crippen LogP contribution in [0.4, 0.5) is 13.2 Å². The Labute approximate surface area is 181 Å². The third-order valence-corrected chi connectivity index (χ3v) is 8.22. The zero-order valence-corrected chi connectivity index (χ0v) is 18.6. The lowest BCUT2D eigenvalue weighted by Crippen LogP contribution is -2.33. The van der Waals surface area contributed by atoms with Crippen LogP contribution in [0.2, 0.25) is 0 Å². The third-order valence-electron chi connectivity index (χ3n) is 5.49. The Bertz CT molecular complexity index is 883. The Kier molecular flexibility index (Phi) is 7.15. The van der Waals surface area contributed by atoms with Crippen molar-refractivity contribution in [1.29, 1.82) is 0 Å². The van der Waals surface area contributed by atoms with Gasteiger partial charge >= 0.3 is 12.1 Å². The number of sulfone groups is 1. The van der Waals surface area contributed by atoms with Crippen LogP contribution >= 0.6 is 15.9 Å². The molecule has 1 aliphatic carbocycles. The van der Waals surface area contributed by atoms with Crippen molar-refractivity contribution in [2.24, 2.45) is 5.92 Å². The number of esters is 1. The summed E-state index contributed by atoms with van der Waals surface area (Å²) in [6.45, 7) is 0.992. The molecule has 2 aliphatic rings. The predicted octanol–water partition coefficient (Wildman–Crippen LogP) is 3.76. The Morgan fingerprint density at radius 1 is 1.20 bits per heavy atom. The molecule has 6 nitrogen and oxygen atoms in total. The van der Waals surface area contributed by atoms with E-state index in [1.54, 1.807) is 0 Å². The average molecular weight is 515 g/mol. The first kappa shape index (κ1) is 23.5. The van der Waals surface area contributed by atoms with Crippen LogP contribution < -0.4 is 0 Å². The van der Waals surface area contributed by atoms with Gasteiger partial charge in [0.1, 0.15) is 0 Å². The number of halogens is 4. The second kappa shape index (κ2) is 9.13. The summed E-state index contributed by atoms with van der Waals surface area (Å²) in [5.74, 6) is -1.49. The highest BCUT2D eigenvalue weighted by Gasteiger charge is 2.48. The number of carbonyl (C=O) groups excluding carboxylic acids is 1. The van der Waals surface area contributed by atoms with E-state index in [9.17, 15) is 26.4 Å². The van der Waals surface area contributed by atoms with Crippen LogP contribution in [0, 0.1) is 5.92 Å². The Morgan fingerprint density at radius 3 is 2.47 bits per heavy atom. The first-order valence-corrected chi connectivity index (χ1v) is 11.8. The molecular formula is C19H22BrF3O6S. The minimum absolute atomic E-state index is 0.0766. The molecule has 2 fully saturated rings. The first-order valence-electron chi connectivity index (χ1n) is 9.45. The lowest BCUT2D eigenvalue weighted by Gasteiger charge is -2.27. The summed E-state index contributed by atoms with van der Waals surface area (Å²) in [6, 6.07) is 2.95. The van der Waals surface area contributed by atoms with Gasteiger partial charge in [0.15, 0.2) is 9.84 Å². The van der Waals surface area contributed by atoms with Crippen molar-refractivity contribution >= 4 is 31.7 Å². The topological polar surface area (TPSA) is 78.9 Å². The first-order chi connectivity index (χ1) is 14.0. The van der Waals surface area contributed by atoms with Crippen LogP contribution in [0.15, 0.2) is 27.6 Å². The van der Waals surface area contributed by atoms with Crippen LogP contribution in [-0.4, -0.2) is 52.2 Å².